The van der Waals surface area contributed by atoms with Gasteiger partial charge in [-0.05, 0) is 37.3 Å². The number of methoxy groups -OCH3 is 1. The number of nitrogens with one attached hydrogen (secondary N) is 1. The third kappa shape index (κ3) is 4.40. The van der Waals surface area contributed by atoms with E-state index in [4.69, 9.17) is 27.9 Å². The van der Waals surface area contributed by atoms with Crippen molar-refractivity contribution >= 4 is 40.8 Å². The van der Waals surface area contributed by atoms with Gasteiger partial charge in [0.05, 0.1) is 28.4 Å². The maximum absolute atomic E-state index is 12.3. The molecule has 7 heteroatoms. The Morgan fingerprint density at radius 1 is 1.08 bits per heavy atom. The number of hydrogen-bond donors (Lipinski definition) is 1. The first-order valence-electron chi connectivity index (χ1n) is 7.02. The predicted octanol–water partition coefficient (Wildman–Crippen LogP) is 4.19. The Bertz CT molecular complexity index is 764. The third-order valence-corrected chi connectivity index (χ3v) is 3.80. The van der Waals surface area contributed by atoms with E-state index in [1.807, 2.05) is 0 Å². The van der Waals surface area contributed by atoms with Crippen molar-refractivity contribution < 1.29 is 19.1 Å². The van der Waals surface area contributed by atoms with Crippen molar-refractivity contribution in [3.63, 3.8) is 0 Å². The summed E-state index contributed by atoms with van der Waals surface area (Å²) in [5, 5.41) is 3.32. The highest BCUT2D eigenvalue weighted by atomic mass is 35.5. The largest absolute Gasteiger partial charge is 0.479 e. The van der Waals surface area contributed by atoms with Crippen LogP contribution in [-0.2, 0) is 9.53 Å². The normalized spacial score (nSPS) is 11.5. The molecule has 0 radical (unpaired) electrons. The number of amides is 1. The Kier molecular flexibility index (Phi) is 6.06. The molecule has 0 spiro atoms. The summed E-state index contributed by atoms with van der Waals surface area (Å²) >= 11 is 12.1. The number of ether oxygens (including phenoxy) is 2. The lowest BCUT2D eigenvalue weighted by molar-refractivity contribution is -0.122. The summed E-state index contributed by atoms with van der Waals surface area (Å²) in [6.45, 7) is 1.58. The van der Waals surface area contributed by atoms with E-state index in [1.54, 1.807) is 31.2 Å². The SMILES string of the molecule is COC(=O)c1ccc(Cl)c(NC(=O)[C@H](C)Oc2ccccc2Cl)c1. The van der Waals surface area contributed by atoms with Gasteiger partial charge in [-0.2, -0.15) is 0 Å². The summed E-state index contributed by atoms with van der Waals surface area (Å²) in [4.78, 5) is 23.8. The van der Waals surface area contributed by atoms with Gasteiger partial charge in [0.2, 0.25) is 0 Å². The zero-order chi connectivity index (χ0) is 17.7. The standard InChI is InChI=1S/C17H15Cl2NO4/c1-10(24-15-6-4-3-5-13(15)19)16(21)20-14-9-11(17(22)23-2)7-8-12(14)18/h3-10H,1-2H3,(H,20,21)/t10-/m0/s1. The van der Waals surface area contributed by atoms with Crippen molar-refractivity contribution in [2.75, 3.05) is 12.4 Å². The van der Waals surface area contributed by atoms with Gasteiger partial charge in [0.25, 0.3) is 5.91 Å². The highest BCUT2D eigenvalue weighted by Crippen LogP contribution is 2.26. The van der Waals surface area contributed by atoms with Gasteiger partial charge in [-0.1, -0.05) is 35.3 Å². The Hall–Kier alpha value is -2.24. The van der Waals surface area contributed by atoms with Crippen molar-refractivity contribution in [2.45, 2.75) is 13.0 Å². The van der Waals surface area contributed by atoms with Gasteiger partial charge in [0.1, 0.15) is 5.75 Å². The number of benzene rings is 2. The van der Waals surface area contributed by atoms with Crippen molar-refractivity contribution in [1.29, 1.82) is 0 Å². The molecule has 5 nitrogen and oxygen atoms in total. The second kappa shape index (κ2) is 8.04. The van der Waals surface area contributed by atoms with Crippen LogP contribution in [0.4, 0.5) is 5.69 Å². The number of anilines is 1. The number of halogens is 2. The van der Waals surface area contributed by atoms with E-state index in [1.165, 1.54) is 25.3 Å². The summed E-state index contributed by atoms with van der Waals surface area (Å²) in [6, 6.07) is 11.3. The van der Waals surface area contributed by atoms with Crippen molar-refractivity contribution in [2.24, 2.45) is 0 Å². The van der Waals surface area contributed by atoms with Crippen LogP contribution in [0.5, 0.6) is 5.75 Å². The topological polar surface area (TPSA) is 64.6 Å². The minimum absolute atomic E-state index is 0.275. The van der Waals surface area contributed by atoms with Gasteiger partial charge in [-0.25, -0.2) is 4.79 Å². The lowest BCUT2D eigenvalue weighted by atomic mass is 10.2. The van der Waals surface area contributed by atoms with Gasteiger partial charge in [-0.15, -0.1) is 0 Å². The smallest absolute Gasteiger partial charge is 0.337 e. The first kappa shape index (κ1) is 18.1. The van der Waals surface area contributed by atoms with Crippen LogP contribution in [-0.4, -0.2) is 25.1 Å². The summed E-state index contributed by atoms with van der Waals surface area (Å²) in [5.41, 5.74) is 0.566. The maximum atomic E-state index is 12.3. The van der Waals surface area contributed by atoms with Crippen LogP contribution in [0.3, 0.4) is 0 Å². The molecule has 126 valence electrons. The molecule has 2 rings (SSSR count). The molecule has 24 heavy (non-hydrogen) atoms. The first-order chi connectivity index (χ1) is 11.4. The molecule has 0 aromatic heterocycles. The second-order valence-corrected chi connectivity index (χ2v) is 5.68. The Morgan fingerprint density at radius 3 is 2.46 bits per heavy atom. The molecule has 0 saturated heterocycles. The molecular weight excluding hydrogens is 353 g/mol. The number of esters is 1. The lowest BCUT2D eigenvalue weighted by Gasteiger charge is -2.16. The Balaban J connectivity index is 2.11. The van der Waals surface area contributed by atoms with Gasteiger partial charge >= 0.3 is 5.97 Å². The summed E-state index contributed by atoms with van der Waals surface area (Å²) in [7, 11) is 1.27. The molecule has 2 aromatic rings. The van der Waals surface area contributed by atoms with E-state index in [0.29, 0.717) is 21.5 Å². The van der Waals surface area contributed by atoms with E-state index in [-0.39, 0.29) is 5.56 Å². The second-order valence-electron chi connectivity index (χ2n) is 4.87. The molecule has 0 heterocycles. The highest BCUT2D eigenvalue weighted by molar-refractivity contribution is 6.34. The van der Waals surface area contributed by atoms with Gasteiger partial charge in [-0.3, -0.25) is 4.79 Å². The van der Waals surface area contributed by atoms with Crippen LogP contribution < -0.4 is 10.1 Å². The van der Waals surface area contributed by atoms with E-state index >= 15 is 0 Å². The van der Waals surface area contributed by atoms with E-state index in [2.05, 4.69) is 10.1 Å². The number of carbonyl (C=O) groups is 2. The molecule has 0 fully saturated rings. The molecule has 2 aromatic carbocycles. The Labute approximate surface area is 149 Å². The fourth-order valence-corrected chi connectivity index (χ4v) is 2.23. The molecule has 1 atom stereocenters. The quantitative estimate of drug-likeness (QED) is 0.804. The molecule has 0 aliphatic heterocycles. The first-order valence-corrected chi connectivity index (χ1v) is 7.78. The molecule has 0 unspecified atom stereocenters. The average molecular weight is 368 g/mol. The van der Waals surface area contributed by atoms with Crippen LogP contribution in [0.25, 0.3) is 0 Å². The summed E-state index contributed by atoms with van der Waals surface area (Å²) in [5.74, 6) is -0.558. The van der Waals surface area contributed by atoms with Crippen LogP contribution in [0.2, 0.25) is 10.0 Å². The molecular formula is C17H15Cl2NO4. The van der Waals surface area contributed by atoms with Crippen molar-refractivity contribution in [3.8, 4) is 5.75 Å². The van der Waals surface area contributed by atoms with Crippen molar-refractivity contribution in [1.82, 2.24) is 0 Å². The maximum Gasteiger partial charge on any atom is 0.337 e. The molecule has 0 saturated carbocycles. The molecule has 0 aliphatic rings. The highest BCUT2D eigenvalue weighted by Gasteiger charge is 2.18. The van der Waals surface area contributed by atoms with E-state index in [9.17, 15) is 9.59 Å². The molecule has 1 N–H and O–H groups in total. The van der Waals surface area contributed by atoms with Crippen LogP contribution in [0, 0.1) is 0 Å². The average Bonchev–Trinajstić information content (AvgIpc) is 2.58. The van der Waals surface area contributed by atoms with E-state index in [0.717, 1.165) is 0 Å². The summed E-state index contributed by atoms with van der Waals surface area (Å²) in [6.07, 6.45) is -0.817. The summed E-state index contributed by atoms with van der Waals surface area (Å²) < 4.78 is 10.2. The number of hydrogen-bond acceptors (Lipinski definition) is 4. The number of para-hydroxylation sites is 1. The Morgan fingerprint density at radius 2 is 1.79 bits per heavy atom. The van der Waals surface area contributed by atoms with Gasteiger partial charge < -0.3 is 14.8 Å². The molecule has 0 bridgehead atoms. The fraction of sp³-hybridized carbons (Fsp3) is 0.176. The van der Waals surface area contributed by atoms with Crippen LogP contribution in [0.1, 0.15) is 17.3 Å². The number of carbonyl (C=O) groups excluding carboxylic acids is 2. The minimum Gasteiger partial charge on any atom is -0.479 e. The fourth-order valence-electron chi connectivity index (χ4n) is 1.88. The van der Waals surface area contributed by atoms with E-state index < -0.39 is 18.0 Å². The zero-order valence-electron chi connectivity index (χ0n) is 13.0. The number of rotatable bonds is 5. The van der Waals surface area contributed by atoms with Gasteiger partial charge in [0.15, 0.2) is 6.10 Å². The van der Waals surface area contributed by atoms with Crippen molar-refractivity contribution in [3.05, 3.63) is 58.1 Å². The third-order valence-electron chi connectivity index (χ3n) is 3.15. The monoisotopic (exact) mass is 367 g/mol. The minimum atomic E-state index is -0.817. The van der Waals surface area contributed by atoms with Crippen LogP contribution >= 0.6 is 23.2 Å². The molecule has 0 aliphatic carbocycles. The van der Waals surface area contributed by atoms with Crippen LogP contribution in [0.15, 0.2) is 42.5 Å². The zero-order valence-corrected chi connectivity index (χ0v) is 14.5. The predicted molar refractivity (Wildman–Crippen MR) is 93.0 cm³/mol. The molecule has 1 amide bonds. The lowest BCUT2D eigenvalue weighted by Crippen LogP contribution is -2.30. The van der Waals surface area contributed by atoms with Gasteiger partial charge in [0, 0.05) is 0 Å².